The number of benzene rings is 2. The van der Waals surface area contributed by atoms with Gasteiger partial charge in [0.25, 0.3) is 0 Å². The van der Waals surface area contributed by atoms with Gasteiger partial charge in [-0.1, -0.05) is 6.07 Å². The summed E-state index contributed by atoms with van der Waals surface area (Å²) < 4.78 is 21.7. The van der Waals surface area contributed by atoms with Crippen molar-refractivity contribution in [3.63, 3.8) is 0 Å². The molecule has 0 spiro atoms. The van der Waals surface area contributed by atoms with Gasteiger partial charge in [-0.05, 0) is 65.8 Å². The van der Waals surface area contributed by atoms with Crippen LogP contribution in [0, 0.1) is 0 Å². The second-order valence-corrected chi connectivity index (χ2v) is 7.30. The van der Waals surface area contributed by atoms with Gasteiger partial charge in [0, 0.05) is 31.2 Å². The van der Waals surface area contributed by atoms with Gasteiger partial charge in [-0.15, -0.1) is 0 Å². The van der Waals surface area contributed by atoms with Crippen molar-refractivity contribution in [2.45, 2.75) is 13.1 Å². The highest BCUT2D eigenvalue weighted by Gasteiger charge is 2.17. The van der Waals surface area contributed by atoms with Crippen LogP contribution in [0.15, 0.2) is 60.9 Å². The fourth-order valence-electron chi connectivity index (χ4n) is 3.24. The van der Waals surface area contributed by atoms with Crippen molar-refractivity contribution in [2.75, 3.05) is 33.8 Å². The van der Waals surface area contributed by atoms with Crippen LogP contribution in [-0.4, -0.2) is 43.4 Å². The molecule has 0 saturated heterocycles. The minimum Gasteiger partial charge on any atom is -0.497 e. The predicted molar refractivity (Wildman–Crippen MR) is 129 cm³/mol. The number of thiocarbonyl (C=S) groups is 1. The molecule has 0 atom stereocenters. The van der Waals surface area contributed by atoms with Crippen molar-refractivity contribution in [1.29, 1.82) is 0 Å². The Morgan fingerprint density at radius 1 is 0.875 bits per heavy atom. The summed E-state index contributed by atoms with van der Waals surface area (Å²) in [6.07, 6.45) is 3.58. The fraction of sp³-hybridized carbons (Fsp3) is 0.250. The lowest BCUT2D eigenvalue weighted by atomic mass is 10.1. The molecule has 0 unspecified atom stereocenters. The van der Waals surface area contributed by atoms with Crippen LogP contribution in [-0.2, 0) is 13.1 Å². The van der Waals surface area contributed by atoms with Crippen molar-refractivity contribution >= 4 is 23.0 Å². The second-order valence-electron chi connectivity index (χ2n) is 6.91. The van der Waals surface area contributed by atoms with Crippen LogP contribution in [0.25, 0.3) is 0 Å². The largest absolute Gasteiger partial charge is 0.497 e. The number of aromatic nitrogens is 1. The number of ether oxygens (including phenoxy) is 4. The number of hydrogen-bond donors (Lipinski definition) is 1. The first-order valence-electron chi connectivity index (χ1n) is 9.95. The van der Waals surface area contributed by atoms with Crippen molar-refractivity contribution in [3.05, 3.63) is 72.1 Å². The highest BCUT2D eigenvalue weighted by molar-refractivity contribution is 7.80. The molecule has 168 valence electrons. The Hall–Kier alpha value is -3.52. The normalized spacial score (nSPS) is 10.2. The van der Waals surface area contributed by atoms with E-state index in [9.17, 15) is 0 Å². The molecule has 8 heteroatoms. The van der Waals surface area contributed by atoms with Crippen molar-refractivity contribution < 1.29 is 18.9 Å². The SMILES string of the molecule is COc1ccc(NC(=S)N(Cc2cccnc2)Cc2cc(OC)c(OC)c(OC)c2)cc1. The molecule has 1 N–H and O–H groups in total. The molecular formula is C24H27N3O4S. The molecule has 1 aromatic heterocycles. The zero-order valence-corrected chi connectivity index (χ0v) is 19.4. The van der Waals surface area contributed by atoms with Crippen molar-refractivity contribution in [3.8, 4) is 23.0 Å². The van der Waals surface area contributed by atoms with Crippen LogP contribution in [0.4, 0.5) is 5.69 Å². The molecule has 0 bridgehead atoms. The van der Waals surface area contributed by atoms with E-state index in [1.165, 1.54) is 0 Å². The third kappa shape index (κ3) is 5.79. The van der Waals surface area contributed by atoms with E-state index in [0.29, 0.717) is 35.5 Å². The van der Waals surface area contributed by atoms with Crippen LogP contribution in [0.1, 0.15) is 11.1 Å². The Morgan fingerprint density at radius 2 is 1.53 bits per heavy atom. The molecule has 0 aliphatic carbocycles. The van der Waals surface area contributed by atoms with Crippen LogP contribution < -0.4 is 24.3 Å². The van der Waals surface area contributed by atoms with E-state index in [0.717, 1.165) is 22.6 Å². The topological polar surface area (TPSA) is 65.1 Å². The molecule has 0 saturated carbocycles. The summed E-state index contributed by atoms with van der Waals surface area (Å²) in [6.45, 7) is 1.10. The quantitative estimate of drug-likeness (QED) is 0.475. The zero-order chi connectivity index (χ0) is 22.9. The van der Waals surface area contributed by atoms with E-state index < -0.39 is 0 Å². The third-order valence-electron chi connectivity index (χ3n) is 4.82. The fourth-order valence-corrected chi connectivity index (χ4v) is 3.48. The van der Waals surface area contributed by atoms with Crippen molar-refractivity contribution in [1.82, 2.24) is 9.88 Å². The summed E-state index contributed by atoms with van der Waals surface area (Å²) in [5, 5.41) is 3.88. The lowest BCUT2D eigenvalue weighted by Gasteiger charge is -2.27. The van der Waals surface area contributed by atoms with Crippen molar-refractivity contribution in [2.24, 2.45) is 0 Å². The van der Waals surface area contributed by atoms with Gasteiger partial charge in [0.2, 0.25) is 5.75 Å². The molecule has 3 aromatic rings. The summed E-state index contributed by atoms with van der Waals surface area (Å²) >= 11 is 5.76. The number of methoxy groups -OCH3 is 4. The Kier molecular flexibility index (Phi) is 8.10. The van der Waals surface area contributed by atoms with E-state index >= 15 is 0 Å². The Bertz CT molecular complexity index is 1000. The van der Waals surface area contributed by atoms with Gasteiger partial charge in [-0.3, -0.25) is 4.98 Å². The molecule has 7 nitrogen and oxygen atoms in total. The maximum absolute atomic E-state index is 5.76. The van der Waals surface area contributed by atoms with Gasteiger partial charge < -0.3 is 29.2 Å². The van der Waals surface area contributed by atoms with Crippen LogP contribution in [0.2, 0.25) is 0 Å². The summed E-state index contributed by atoms with van der Waals surface area (Å²) in [7, 11) is 6.43. The van der Waals surface area contributed by atoms with E-state index in [2.05, 4.69) is 15.2 Å². The molecule has 0 aliphatic heterocycles. The predicted octanol–water partition coefficient (Wildman–Crippen LogP) is 4.52. The van der Waals surface area contributed by atoms with Gasteiger partial charge >= 0.3 is 0 Å². The lowest BCUT2D eigenvalue weighted by molar-refractivity contribution is 0.322. The first kappa shape index (κ1) is 23.1. The van der Waals surface area contributed by atoms with Crippen LogP contribution in [0.3, 0.4) is 0 Å². The standard InChI is InChI=1S/C24H27N3O4S/c1-28-20-9-7-19(8-10-20)26-24(32)27(15-17-6-5-11-25-14-17)16-18-12-21(29-2)23(31-4)22(13-18)30-3/h5-14H,15-16H2,1-4H3,(H,26,32). The summed E-state index contributed by atoms with van der Waals surface area (Å²) in [5.74, 6) is 2.53. The van der Waals surface area contributed by atoms with E-state index in [1.54, 1.807) is 34.6 Å². The number of pyridine rings is 1. The monoisotopic (exact) mass is 453 g/mol. The van der Waals surface area contributed by atoms with E-state index in [-0.39, 0.29) is 0 Å². The minimum absolute atomic E-state index is 0.521. The Morgan fingerprint density at radius 3 is 2.06 bits per heavy atom. The first-order valence-corrected chi connectivity index (χ1v) is 10.4. The lowest BCUT2D eigenvalue weighted by Crippen LogP contribution is -2.33. The first-order chi connectivity index (χ1) is 15.6. The average molecular weight is 454 g/mol. The van der Waals surface area contributed by atoms with Crippen LogP contribution in [0.5, 0.6) is 23.0 Å². The van der Waals surface area contributed by atoms with Crippen LogP contribution >= 0.6 is 12.2 Å². The Balaban J connectivity index is 1.87. The average Bonchev–Trinajstić information content (AvgIpc) is 2.84. The number of nitrogens with one attached hydrogen (secondary N) is 1. The maximum Gasteiger partial charge on any atom is 0.203 e. The molecular weight excluding hydrogens is 426 g/mol. The maximum atomic E-state index is 5.76. The minimum atomic E-state index is 0.521. The van der Waals surface area contributed by atoms with Gasteiger partial charge in [-0.25, -0.2) is 0 Å². The molecule has 0 radical (unpaired) electrons. The molecule has 1 heterocycles. The summed E-state index contributed by atoms with van der Waals surface area (Å²) in [4.78, 5) is 6.28. The molecule has 2 aromatic carbocycles. The second kappa shape index (κ2) is 11.2. The number of nitrogens with zero attached hydrogens (tertiary/aromatic N) is 2. The summed E-state index contributed by atoms with van der Waals surface area (Å²) in [6, 6.07) is 15.4. The van der Waals surface area contributed by atoms with Gasteiger partial charge in [-0.2, -0.15) is 0 Å². The zero-order valence-electron chi connectivity index (χ0n) is 18.6. The van der Waals surface area contributed by atoms with Gasteiger partial charge in [0.1, 0.15) is 5.75 Å². The highest BCUT2D eigenvalue weighted by atomic mass is 32.1. The highest BCUT2D eigenvalue weighted by Crippen LogP contribution is 2.38. The smallest absolute Gasteiger partial charge is 0.203 e. The number of rotatable bonds is 9. The third-order valence-corrected chi connectivity index (χ3v) is 5.18. The number of hydrogen-bond acceptors (Lipinski definition) is 6. The summed E-state index contributed by atoms with van der Waals surface area (Å²) in [5.41, 5.74) is 2.87. The number of anilines is 1. The van der Waals surface area contributed by atoms with Gasteiger partial charge in [0.05, 0.1) is 28.4 Å². The molecule has 3 rings (SSSR count). The van der Waals surface area contributed by atoms with E-state index in [4.69, 9.17) is 31.2 Å². The van der Waals surface area contributed by atoms with Gasteiger partial charge in [0.15, 0.2) is 16.6 Å². The Labute approximate surface area is 193 Å². The molecule has 32 heavy (non-hydrogen) atoms. The molecule has 0 fully saturated rings. The van der Waals surface area contributed by atoms with E-state index in [1.807, 2.05) is 54.7 Å². The molecule has 0 aliphatic rings. The molecule has 0 amide bonds.